The van der Waals surface area contributed by atoms with Gasteiger partial charge in [-0.2, -0.15) is 0 Å². The van der Waals surface area contributed by atoms with E-state index >= 15 is 0 Å². The fraction of sp³-hybridized carbons (Fsp3) is 0.312. The summed E-state index contributed by atoms with van der Waals surface area (Å²) in [5, 5.41) is 0.814. The summed E-state index contributed by atoms with van der Waals surface area (Å²) in [6.45, 7) is 2.06. The van der Waals surface area contributed by atoms with Crippen LogP contribution in [0.15, 0.2) is 30.5 Å². The van der Waals surface area contributed by atoms with Crippen LogP contribution in [0.5, 0.6) is 0 Å². The highest BCUT2D eigenvalue weighted by atomic mass is 16.2. The second-order valence-corrected chi connectivity index (χ2v) is 5.98. The second kappa shape index (κ2) is 4.69. The molecule has 0 saturated carbocycles. The van der Waals surface area contributed by atoms with Gasteiger partial charge in [-0.25, -0.2) is 0 Å². The van der Waals surface area contributed by atoms with E-state index in [0.29, 0.717) is 12.2 Å². The highest BCUT2D eigenvalue weighted by molar-refractivity contribution is 6.06. The molecule has 3 rings (SSSR count). The van der Waals surface area contributed by atoms with Crippen molar-refractivity contribution < 1.29 is 9.59 Å². The highest BCUT2D eigenvalue weighted by Gasteiger charge is 2.54. The van der Waals surface area contributed by atoms with Crippen molar-refractivity contribution in [3.8, 4) is 0 Å². The zero-order valence-corrected chi connectivity index (χ0v) is 12.5. The number of amides is 2. The number of hydrogen-bond acceptors (Lipinski definition) is 4. The third-order valence-electron chi connectivity index (χ3n) is 4.66. The van der Waals surface area contributed by atoms with Gasteiger partial charge in [-0.05, 0) is 30.7 Å². The molecule has 1 aliphatic rings. The summed E-state index contributed by atoms with van der Waals surface area (Å²) in [5.74, 6) is -1.15. The normalized spacial score (nSPS) is 24.9. The Labute approximate surface area is 128 Å². The molecule has 0 aliphatic carbocycles. The van der Waals surface area contributed by atoms with Crippen LogP contribution in [0.3, 0.4) is 0 Å². The molecule has 2 amide bonds. The monoisotopic (exact) mass is 298 g/mol. The van der Waals surface area contributed by atoms with E-state index in [0.717, 1.165) is 16.5 Å². The van der Waals surface area contributed by atoms with Gasteiger partial charge in [0.1, 0.15) is 5.41 Å². The van der Waals surface area contributed by atoms with Crippen molar-refractivity contribution in [3.63, 3.8) is 0 Å². The van der Waals surface area contributed by atoms with E-state index in [1.165, 1.54) is 0 Å². The van der Waals surface area contributed by atoms with E-state index in [1.54, 1.807) is 31.1 Å². The lowest BCUT2D eigenvalue weighted by Crippen LogP contribution is -2.43. The number of likely N-dealkylation sites (N-methyl/N-ethyl adjacent to an activating group) is 1. The van der Waals surface area contributed by atoms with Crippen molar-refractivity contribution in [2.75, 3.05) is 19.3 Å². The quantitative estimate of drug-likeness (QED) is 0.803. The standard InChI is InChI=1S/C16H18N4O2/c1-16(14(18)21)11(8-20(2)15(16)22)9-3-4-13-10(7-9)12(17)5-6-19-13/h3-7,11H,8H2,1-2H3,(H2,17,19)(H2,18,21)/t11?,16-/m0/s1. The number of benzene rings is 1. The number of aromatic nitrogens is 1. The molecule has 6 nitrogen and oxygen atoms in total. The predicted octanol–water partition coefficient (Wildman–Crippen LogP) is 0.864. The maximum absolute atomic E-state index is 12.4. The number of likely N-dealkylation sites (tertiary alicyclic amines) is 1. The lowest BCUT2D eigenvalue weighted by molar-refractivity contribution is -0.142. The van der Waals surface area contributed by atoms with Gasteiger partial charge in [-0.3, -0.25) is 14.6 Å². The molecule has 1 aromatic heterocycles. The SMILES string of the molecule is CN1CC(c2ccc3nccc(N)c3c2)[C@@](C)(C(N)=O)C1=O. The first kappa shape index (κ1) is 14.3. The molecule has 22 heavy (non-hydrogen) atoms. The number of hydrogen-bond donors (Lipinski definition) is 2. The molecule has 0 bridgehead atoms. The van der Waals surface area contributed by atoms with Gasteiger partial charge in [0, 0.05) is 36.8 Å². The smallest absolute Gasteiger partial charge is 0.238 e. The molecule has 114 valence electrons. The van der Waals surface area contributed by atoms with Crippen LogP contribution >= 0.6 is 0 Å². The summed E-state index contributed by atoms with van der Waals surface area (Å²) in [6.07, 6.45) is 1.65. The van der Waals surface area contributed by atoms with Crippen LogP contribution in [0.25, 0.3) is 10.9 Å². The predicted molar refractivity (Wildman–Crippen MR) is 83.8 cm³/mol. The summed E-state index contributed by atoms with van der Waals surface area (Å²) >= 11 is 0. The molecule has 1 aromatic carbocycles. The first-order chi connectivity index (χ1) is 10.4. The number of nitrogens with two attached hydrogens (primary N) is 2. The molecule has 1 unspecified atom stereocenters. The summed E-state index contributed by atoms with van der Waals surface area (Å²) in [4.78, 5) is 30.1. The molecule has 1 fully saturated rings. The van der Waals surface area contributed by atoms with Crippen molar-refractivity contribution in [2.45, 2.75) is 12.8 Å². The van der Waals surface area contributed by atoms with Crippen LogP contribution < -0.4 is 11.5 Å². The fourth-order valence-electron chi connectivity index (χ4n) is 3.20. The Bertz CT molecular complexity index is 789. The van der Waals surface area contributed by atoms with Gasteiger partial charge in [0.05, 0.1) is 5.52 Å². The number of carbonyl (C=O) groups is 2. The van der Waals surface area contributed by atoms with Gasteiger partial charge in [0.25, 0.3) is 0 Å². The number of carbonyl (C=O) groups excluding carboxylic acids is 2. The van der Waals surface area contributed by atoms with Crippen molar-refractivity contribution in [1.29, 1.82) is 0 Å². The molecule has 6 heteroatoms. The van der Waals surface area contributed by atoms with Gasteiger partial charge in [0.15, 0.2) is 0 Å². The van der Waals surface area contributed by atoms with Crippen molar-refractivity contribution in [3.05, 3.63) is 36.0 Å². The van der Waals surface area contributed by atoms with Crippen LogP contribution in [0.4, 0.5) is 5.69 Å². The molecule has 1 saturated heterocycles. The number of anilines is 1. The lowest BCUT2D eigenvalue weighted by atomic mass is 9.75. The van der Waals surface area contributed by atoms with Gasteiger partial charge in [-0.15, -0.1) is 0 Å². The van der Waals surface area contributed by atoms with Crippen LogP contribution in [0.2, 0.25) is 0 Å². The highest BCUT2D eigenvalue weighted by Crippen LogP contribution is 2.43. The third kappa shape index (κ3) is 1.83. The maximum Gasteiger partial charge on any atom is 0.238 e. The van der Waals surface area contributed by atoms with Gasteiger partial charge in [0.2, 0.25) is 11.8 Å². The van der Waals surface area contributed by atoms with Gasteiger partial charge >= 0.3 is 0 Å². The van der Waals surface area contributed by atoms with Crippen LogP contribution in [0, 0.1) is 5.41 Å². The molecular weight excluding hydrogens is 280 g/mol. The number of rotatable bonds is 2. The average Bonchev–Trinajstić information content (AvgIpc) is 2.73. The second-order valence-electron chi connectivity index (χ2n) is 5.98. The lowest BCUT2D eigenvalue weighted by Gasteiger charge is -2.25. The van der Waals surface area contributed by atoms with E-state index < -0.39 is 11.3 Å². The number of nitrogens with zero attached hydrogens (tertiary/aromatic N) is 2. The molecule has 2 aromatic rings. The van der Waals surface area contributed by atoms with Crippen molar-refractivity contribution >= 4 is 28.4 Å². The third-order valence-corrected chi connectivity index (χ3v) is 4.66. The average molecular weight is 298 g/mol. The summed E-state index contributed by atoms with van der Waals surface area (Å²) in [6, 6.07) is 7.36. The van der Waals surface area contributed by atoms with Gasteiger partial charge in [-0.1, -0.05) is 6.07 Å². The largest absolute Gasteiger partial charge is 0.398 e. The van der Waals surface area contributed by atoms with E-state index in [2.05, 4.69) is 4.98 Å². The van der Waals surface area contributed by atoms with Crippen LogP contribution in [0.1, 0.15) is 18.4 Å². The zero-order chi connectivity index (χ0) is 16.1. The van der Waals surface area contributed by atoms with Crippen LogP contribution in [-0.2, 0) is 9.59 Å². The summed E-state index contributed by atoms with van der Waals surface area (Å²) < 4.78 is 0. The van der Waals surface area contributed by atoms with E-state index in [1.807, 2.05) is 18.2 Å². The van der Waals surface area contributed by atoms with Crippen LogP contribution in [-0.4, -0.2) is 35.3 Å². The topological polar surface area (TPSA) is 102 Å². The Morgan fingerprint density at radius 3 is 2.82 bits per heavy atom. The molecular formula is C16H18N4O2. The van der Waals surface area contributed by atoms with Gasteiger partial charge < -0.3 is 16.4 Å². The Balaban J connectivity index is 2.16. The Kier molecular flexibility index (Phi) is 3.05. The zero-order valence-electron chi connectivity index (χ0n) is 12.5. The van der Waals surface area contributed by atoms with E-state index in [4.69, 9.17) is 11.5 Å². The fourth-order valence-corrected chi connectivity index (χ4v) is 3.20. The molecule has 0 radical (unpaired) electrons. The Morgan fingerprint density at radius 1 is 1.41 bits per heavy atom. The minimum Gasteiger partial charge on any atom is -0.398 e. The first-order valence-electron chi connectivity index (χ1n) is 7.05. The number of fused-ring (bicyclic) bond motifs is 1. The van der Waals surface area contributed by atoms with Crippen molar-refractivity contribution in [1.82, 2.24) is 9.88 Å². The maximum atomic E-state index is 12.4. The molecule has 2 heterocycles. The molecule has 1 aliphatic heterocycles. The summed E-state index contributed by atoms with van der Waals surface area (Å²) in [7, 11) is 1.68. The summed E-state index contributed by atoms with van der Waals surface area (Å²) in [5.41, 5.74) is 12.6. The molecule has 2 atom stereocenters. The minimum atomic E-state index is -1.24. The van der Waals surface area contributed by atoms with E-state index in [9.17, 15) is 9.59 Å². The Morgan fingerprint density at radius 2 is 2.14 bits per heavy atom. The first-order valence-corrected chi connectivity index (χ1v) is 7.05. The Hall–Kier alpha value is -2.63. The molecule has 0 spiro atoms. The minimum absolute atomic E-state index is 0.246. The number of pyridine rings is 1. The number of primary amides is 1. The molecule has 4 N–H and O–H groups in total. The van der Waals surface area contributed by atoms with E-state index in [-0.39, 0.29) is 11.8 Å². The van der Waals surface area contributed by atoms with Crippen molar-refractivity contribution in [2.24, 2.45) is 11.1 Å². The number of nitrogen functional groups attached to an aromatic ring is 1.